The van der Waals surface area contributed by atoms with Gasteiger partial charge in [-0.25, -0.2) is 4.98 Å². The molecule has 0 spiro atoms. The van der Waals surface area contributed by atoms with E-state index in [4.69, 9.17) is 4.98 Å². The standard InChI is InChI=1S/C36H23N4OP/c41-42(24-20-22-37-23-21-24,40-31-16-6-1-10-25(31)26-11-2-7-17-32(26)40)34-19-9-13-28-35(34)27-12-3-5-15-30(27)39-33-18-8-4-14-29(33)38-36(28)39/h1-23H. The Morgan fingerprint density at radius 2 is 1.10 bits per heavy atom. The fraction of sp³-hybridized carbons (Fsp3) is 0. The molecule has 1 unspecified atom stereocenters. The van der Waals surface area contributed by atoms with Crippen LogP contribution >= 0.6 is 7.29 Å². The first kappa shape index (κ1) is 23.5. The van der Waals surface area contributed by atoms with E-state index in [-0.39, 0.29) is 0 Å². The van der Waals surface area contributed by atoms with Crippen molar-refractivity contribution >= 4 is 78.1 Å². The van der Waals surface area contributed by atoms with E-state index in [0.29, 0.717) is 0 Å². The number of nitrogens with zero attached hydrogens (tertiary/aromatic N) is 4. The van der Waals surface area contributed by atoms with Crippen molar-refractivity contribution in [2.75, 3.05) is 0 Å². The Labute approximate surface area is 240 Å². The topological polar surface area (TPSA) is 52.2 Å². The second-order valence-corrected chi connectivity index (χ2v) is 13.2. The van der Waals surface area contributed by atoms with Crippen molar-refractivity contribution in [3.8, 4) is 0 Å². The Hall–Kier alpha value is -5.25. The predicted octanol–water partition coefficient (Wildman–Crippen LogP) is 8.07. The minimum absolute atomic E-state index is 0.731. The van der Waals surface area contributed by atoms with Gasteiger partial charge in [0.1, 0.15) is 5.65 Å². The average Bonchev–Trinajstić information content (AvgIpc) is 3.62. The lowest BCUT2D eigenvalue weighted by Crippen LogP contribution is -2.23. The highest BCUT2D eigenvalue weighted by molar-refractivity contribution is 7.78. The van der Waals surface area contributed by atoms with E-state index in [1.165, 1.54) is 0 Å². The van der Waals surface area contributed by atoms with Crippen molar-refractivity contribution in [3.05, 3.63) is 140 Å². The lowest BCUT2D eigenvalue weighted by Gasteiger charge is -2.25. The second kappa shape index (κ2) is 8.62. The molecule has 0 N–H and O–H groups in total. The average molecular weight is 559 g/mol. The van der Waals surface area contributed by atoms with E-state index in [2.05, 4.69) is 74.4 Å². The fourth-order valence-electron chi connectivity index (χ4n) is 6.71. The van der Waals surface area contributed by atoms with Crippen LogP contribution in [0.25, 0.3) is 60.2 Å². The van der Waals surface area contributed by atoms with E-state index < -0.39 is 7.29 Å². The minimum atomic E-state index is -3.54. The molecule has 0 aliphatic heterocycles. The van der Waals surface area contributed by atoms with Gasteiger partial charge in [-0.05, 0) is 48.5 Å². The highest BCUT2D eigenvalue weighted by Crippen LogP contribution is 2.53. The van der Waals surface area contributed by atoms with Crippen LogP contribution in [-0.4, -0.2) is 18.7 Å². The number of fused-ring (bicyclic) bond motifs is 11. The maximum atomic E-state index is 16.4. The number of rotatable bonds is 3. The Morgan fingerprint density at radius 1 is 0.524 bits per heavy atom. The number of aromatic nitrogens is 4. The Morgan fingerprint density at radius 3 is 1.81 bits per heavy atom. The molecule has 0 radical (unpaired) electrons. The van der Waals surface area contributed by atoms with Crippen LogP contribution in [0.3, 0.4) is 0 Å². The summed E-state index contributed by atoms with van der Waals surface area (Å²) in [5, 5.41) is 6.63. The molecule has 0 fully saturated rings. The molecule has 1 atom stereocenters. The van der Waals surface area contributed by atoms with Crippen molar-refractivity contribution in [2.24, 2.45) is 0 Å². The molecule has 0 saturated heterocycles. The number of hydrogen-bond donors (Lipinski definition) is 0. The number of benzene rings is 5. The molecule has 0 aliphatic carbocycles. The highest BCUT2D eigenvalue weighted by atomic mass is 31.2. The first-order valence-corrected chi connectivity index (χ1v) is 15.6. The van der Waals surface area contributed by atoms with Crippen molar-refractivity contribution in [1.29, 1.82) is 0 Å². The summed E-state index contributed by atoms with van der Waals surface area (Å²) in [6.07, 6.45) is 3.47. The van der Waals surface area contributed by atoms with Gasteiger partial charge in [-0.1, -0.05) is 78.9 Å². The van der Waals surface area contributed by atoms with Gasteiger partial charge >= 0.3 is 0 Å². The van der Waals surface area contributed by atoms with Gasteiger partial charge in [0.15, 0.2) is 0 Å². The third-order valence-electron chi connectivity index (χ3n) is 8.43. The summed E-state index contributed by atoms with van der Waals surface area (Å²) >= 11 is 0. The summed E-state index contributed by atoms with van der Waals surface area (Å²) in [6, 6.07) is 43.1. The van der Waals surface area contributed by atoms with Crippen LogP contribution in [0.5, 0.6) is 0 Å². The zero-order valence-corrected chi connectivity index (χ0v) is 23.3. The van der Waals surface area contributed by atoms with Crippen molar-refractivity contribution in [2.45, 2.75) is 0 Å². The molecule has 0 amide bonds. The maximum absolute atomic E-state index is 16.4. The van der Waals surface area contributed by atoms with Crippen LogP contribution in [0.2, 0.25) is 0 Å². The molecule has 9 rings (SSSR count). The van der Waals surface area contributed by atoms with Crippen LogP contribution in [0.15, 0.2) is 140 Å². The Bertz CT molecular complexity index is 2510. The van der Waals surface area contributed by atoms with Crippen molar-refractivity contribution < 1.29 is 4.57 Å². The third kappa shape index (κ3) is 3.01. The van der Waals surface area contributed by atoms with Gasteiger partial charge in [0.05, 0.1) is 27.6 Å². The van der Waals surface area contributed by atoms with Crippen LogP contribution in [-0.2, 0) is 4.57 Å². The lowest BCUT2D eigenvalue weighted by molar-refractivity contribution is 0.583. The number of hydrogen-bond acceptors (Lipinski definition) is 3. The molecule has 0 saturated carbocycles. The first-order chi connectivity index (χ1) is 20.7. The van der Waals surface area contributed by atoms with Crippen LogP contribution in [0.4, 0.5) is 0 Å². The zero-order chi connectivity index (χ0) is 27.8. The summed E-state index contributed by atoms with van der Waals surface area (Å²) < 4.78 is 20.7. The molecule has 5 nitrogen and oxygen atoms in total. The van der Waals surface area contributed by atoms with Gasteiger partial charge in [0, 0.05) is 49.9 Å². The van der Waals surface area contributed by atoms with Gasteiger partial charge in [-0.2, -0.15) is 0 Å². The largest absolute Gasteiger partial charge is 0.292 e. The summed E-state index contributed by atoms with van der Waals surface area (Å²) in [6.45, 7) is 0. The van der Waals surface area contributed by atoms with E-state index in [0.717, 1.165) is 70.8 Å². The molecule has 198 valence electrons. The monoisotopic (exact) mass is 558 g/mol. The summed E-state index contributed by atoms with van der Waals surface area (Å²) in [5.74, 6) is 0. The number of imidazole rings is 1. The normalized spacial score (nSPS) is 13.5. The smallest absolute Gasteiger partial charge is 0.234 e. The van der Waals surface area contributed by atoms with Gasteiger partial charge < -0.3 is 0 Å². The lowest BCUT2D eigenvalue weighted by atomic mass is 10.1. The molecule has 4 heterocycles. The van der Waals surface area contributed by atoms with Gasteiger partial charge in [-0.3, -0.25) is 18.3 Å². The fourth-order valence-corrected chi connectivity index (χ4v) is 9.76. The second-order valence-electron chi connectivity index (χ2n) is 10.6. The van der Waals surface area contributed by atoms with Gasteiger partial charge in [0.2, 0.25) is 7.29 Å². The quantitative estimate of drug-likeness (QED) is 0.163. The summed E-state index contributed by atoms with van der Waals surface area (Å²) in [5.41, 5.74) is 5.75. The zero-order valence-electron chi connectivity index (χ0n) is 22.4. The number of pyridine rings is 2. The van der Waals surface area contributed by atoms with Crippen molar-refractivity contribution in [3.63, 3.8) is 0 Å². The molecule has 0 aliphatic rings. The molecular weight excluding hydrogens is 535 g/mol. The van der Waals surface area contributed by atoms with E-state index in [1.54, 1.807) is 12.4 Å². The van der Waals surface area contributed by atoms with Crippen LogP contribution < -0.4 is 10.6 Å². The Balaban J connectivity index is 1.54. The molecule has 4 aromatic heterocycles. The Kier molecular flexibility index (Phi) is 4.82. The minimum Gasteiger partial charge on any atom is -0.292 e. The number of para-hydroxylation sites is 5. The molecule has 9 aromatic rings. The van der Waals surface area contributed by atoms with Crippen molar-refractivity contribution in [1.82, 2.24) is 18.7 Å². The molecule has 0 bridgehead atoms. The van der Waals surface area contributed by atoms with E-state index in [9.17, 15) is 0 Å². The van der Waals surface area contributed by atoms with Gasteiger partial charge in [-0.15, -0.1) is 0 Å². The molecule has 5 aromatic carbocycles. The third-order valence-corrected chi connectivity index (χ3v) is 11.5. The molecule has 42 heavy (non-hydrogen) atoms. The van der Waals surface area contributed by atoms with E-state index in [1.807, 2.05) is 66.7 Å². The first-order valence-electron chi connectivity index (χ1n) is 14.0. The predicted molar refractivity (Wildman–Crippen MR) is 174 cm³/mol. The summed E-state index contributed by atoms with van der Waals surface area (Å²) in [4.78, 5) is 9.40. The van der Waals surface area contributed by atoms with Crippen LogP contribution in [0.1, 0.15) is 0 Å². The van der Waals surface area contributed by atoms with E-state index >= 15 is 4.57 Å². The highest BCUT2D eigenvalue weighted by Gasteiger charge is 2.35. The van der Waals surface area contributed by atoms with Crippen LogP contribution in [0, 0.1) is 0 Å². The van der Waals surface area contributed by atoms with Gasteiger partial charge in [0.25, 0.3) is 0 Å². The molecule has 6 heteroatoms. The molecular formula is C36H23N4OP. The maximum Gasteiger partial charge on any atom is 0.234 e. The SMILES string of the molecule is O=P(c1ccncc1)(c1cccc2c1c1ccccc1n1c3ccccc3nc21)n1c2ccccc2c2ccccc21. The summed E-state index contributed by atoms with van der Waals surface area (Å²) in [7, 11) is -3.54.